The summed E-state index contributed by atoms with van der Waals surface area (Å²) in [6, 6.07) is 0. The lowest BCUT2D eigenvalue weighted by Gasteiger charge is -2.06. The molecule has 1 rings (SSSR count). The van der Waals surface area contributed by atoms with Gasteiger partial charge in [0.1, 0.15) is 0 Å². The van der Waals surface area contributed by atoms with Crippen LogP contribution in [-0.4, -0.2) is 33.0 Å². The molecule has 0 aromatic carbocycles. The molecule has 0 aliphatic carbocycles. The maximum Gasteiger partial charge on any atom is 0.0835 e. The number of hydrogen-bond donors (Lipinski definition) is 0. The lowest BCUT2D eigenvalue weighted by Crippen LogP contribution is -2.10. The topological polar surface area (TPSA) is 39.9 Å². The predicted molar refractivity (Wildman–Crippen MR) is 58.6 cm³/mol. The highest BCUT2D eigenvalue weighted by molar-refractivity contribution is 9.09. The molecule has 0 amide bonds. The van der Waals surface area contributed by atoms with Crippen molar-refractivity contribution in [2.45, 2.75) is 32.9 Å². The Labute approximate surface area is 92.8 Å². The van der Waals surface area contributed by atoms with Crippen molar-refractivity contribution in [3.63, 3.8) is 0 Å². The molecule has 0 unspecified atom stereocenters. The van der Waals surface area contributed by atoms with Crippen LogP contribution >= 0.6 is 15.9 Å². The van der Waals surface area contributed by atoms with Gasteiger partial charge in [-0.25, -0.2) is 4.68 Å². The van der Waals surface area contributed by atoms with E-state index in [-0.39, 0.29) is 6.10 Å². The first kappa shape index (κ1) is 11.7. The summed E-state index contributed by atoms with van der Waals surface area (Å²) in [5, 5.41) is 8.95. The average Bonchev–Trinajstić information content (AvgIpc) is 2.53. The molecule has 1 heterocycles. The van der Waals surface area contributed by atoms with Crippen molar-refractivity contribution in [3.05, 3.63) is 11.9 Å². The van der Waals surface area contributed by atoms with Gasteiger partial charge < -0.3 is 4.74 Å². The summed E-state index contributed by atoms with van der Waals surface area (Å²) in [6.07, 6.45) is 3.16. The largest absolute Gasteiger partial charge is 0.377 e. The van der Waals surface area contributed by atoms with Crippen molar-refractivity contribution in [1.29, 1.82) is 0 Å². The van der Waals surface area contributed by atoms with Crippen LogP contribution in [0.15, 0.2) is 6.20 Å². The third-order valence-electron chi connectivity index (χ3n) is 1.71. The van der Waals surface area contributed by atoms with Crippen molar-refractivity contribution >= 4 is 15.9 Å². The Kier molecular flexibility index (Phi) is 5.11. The SMILES string of the molecule is CC(C)OCCn1cc(CCBr)nn1. The Morgan fingerprint density at radius 2 is 2.36 bits per heavy atom. The molecule has 1 aromatic rings. The molecule has 0 aliphatic heterocycles. The molecule has 0 atom stereocenters. The van der Waals surface area contributed by atoms with E-state index in [0.29, 0.717) is 6.61 Å². The molecule has 0 spiro atoms. The van der Waals surface area contributed by atoms with E-state index in [0.717, 1.165) is 24.0 Å². The monoisotopic (exact) mass is 261 g/mol. The van der Waals surface area contributed by atoms with Crippen LogP contribution in [0.1, 0.15) is 19.5 Å². The third kappa shape index (κ3) is 4.19. The minimum Gasteiger partial charge on any atom is -0.377 e. The number of halogens is 1. The summed E-state index contributed by atoms with van der Waals surface area (Å²) < 4.78 is 7.24. The van der Waals surface area contributed by atoms with Crippen molar-refractivity contribution < 1.29 is 4.74 Å². The highest BCUT2D eigenvalue weighted by atomic mass is 79.9. The molecular formula is C9H16BrN3O. The van der Waals surface area contributed by atoms with E-state index in [4.69, 9.17) is 4.74 Å². The number of aromatic nitrogens is 3. The lowest BCUT2D eigenvalue weighted by atomic mass is 10.4. The van der Waals surface area contributed by atoms with E-state index in [1.165, 1.54) is 0 Å². The van der Waals surface area contributed by atoms with Gasteiger partial charge >= 0.3 is 0 Å². The fourth-order valence-electron chi connectivity index (χ4n) is 1.04. The Morgan fingerprint density at radius 1 is 1.57 bits per heavy atom. The molecule has 0 fully saturated rings. The number of hydrogen-bond acceptors (Lipinski definition) is 3. The van der Waals surface area contributed by atoms with E-state index in [2.05, 4.69) is 26.2 Å². The maximum absolute atomic E-state index is 5.42. The Bertz CT molecular complexity index is 262. The van der Waals surface area contributed by atoms with Gasteiger partial charge in [0.15, 0.2) is 0 Å². The van der Waals surface area contributed by atoms with Crippen molar-refractivity contribution in [1.82, 2.24) is 15.0 Å². The van der Waals surface area contributed by atoms with Crippen LogP contribution in [0, 0.1) is 0 Å². The van der Waals surface area contributed by atoms with Gasteiger partial charge in [0.05, 0.1) is 24.9 Å². The maximum atomic E-state index is 5.42. The molecule has 1 aromatic heterocycles. The highest BCUT2D eigenvalue weighted by Crippen LogP contribution is 1.97. The van der Waals surface area contributed by atoms with Crippen LogP contribution in [0.4, 0.5) is 0 Å². The fourth-order valence-corrected chi connectivity index (χ4v) is 1.45. The second-order valence-electron chi connectivity index (χ2n) is 3.33. The molecule has 80 valence electrons. The standard InChI is InChI=1S/C9H16BrN3O/c1-8(2)14-6-5-13-7-9(3-4-10)11-12-13/h7-8H,3-6H2,1-2H3. The highest BCUT2D eigenvalue weighted by Gasteiger charge is 2.00. The van der Waals surface area contributed by atoms with Crippen LogP contribution < -0.4 is 0 Å². The van der Waals surface area contributed by atoms with Crippen LogP contribution in [0.25, 0.3) is 0 Å². The zero-order valence-electron chi connectivity index (χ0n) is 8.61. The normalized spacial score (nSPS) is 11.1. The van der Waals surface area contributed by atoms with Gasteiger partial charge in [-0.15, -0.1) is 5.10 Å². The third-order valence-corrected chi connectivity index (χ3v) is 2.10. The van der Waals surface area contributed by atoms with E-state index in [9.17, 15) is 0 Å². The van der Waals surface area contributed by atoms with Gasteiger partial charge in [-0.05, 0) is 13.8 Å². The molecule has 0 saturated heterocycles. The summed E-state index contributed by atoms with van der Waals surface area (Å²) in [5.74, 6) is 0. The second kappa shape index (κ2) is 6.14. The first-order valence-electron chi connectivity index (χ1n) is 4.79. The molecule has 14 heavy (non-hydrogen) atoms. The van der Waals surface area contributed by atoms with Gasteiger partial charge in [0.25, 0.3) is 0 Å². The fraction of sp³-hybridized carbons (Fsp3) is 0.778. The molecule has 0 aliphatic rings. The second-order valence-corrected chi connectivity index (χ2v) is 4.12. The average molecular weight is 262 g/mol. The van der Waals surface area contributed by atoms with Gasteiger partial charge in [-0.2, -0.15) is 0 Å². The van der Waals surface area contributed by atoms with E-state index < -0.39 is 0 Å². The van der Waals surface area contributed by atoms with Gasteiger partial charge in [0.2, 0.25) is 0 Å². The minimum absolute atomic E-state index is 0.278. The number of rotatable bonds is 6. The molecule has 5 heteroatoms. The van der Waals surface area contributed by atoms with Gasteiger partial charge in [0, 0.05) is 17.9 Å². The Balaban J connectivity index is 2.28. The van der Waals surface area contributed by atoms with Crippen LogP contribution in [0.3, 0.4) is 0 Å². The van der Waals surface area contributed by atoms with E-state index >= 15 is 0 Å². The number of alkyl halides is 1. The van der Waals surface area contributed by atoms with Crippen molar-refractivity contribution in [3.8, 4) is 0 Å². The first-order chi connectivity index (χ1) is 6.72. The molecule has 4 nitrogen and oxygen atoms in total. The summed E-state index contributed by atoms with van der Waals surface area (Å²) in [5.41, 5.74) is 1.02. The van der Waals surface area contributed by atoms with Gasteiger partial charge in [-0.1, -0.05) is 21.1 Å². The molecular weight excluding hydrogens is 246 g/mol. The summed E-state index contributed by atoms with van der Waals surface area (Å²) >= 11 is 3.37. The quantitative estimate of drug-likeness (QED) is 0.732. The van der Waals surface area contributed by atoms with Crippen molar-refractivity contribution in [2.24, 2.45) is 0 Å². The molecule has 0 radical (unpaired) electrons. The number of nitrogens with zero attached hydrogens (tertiary/aromatic N) is 3. The smallest absolute Gasteiger partial charge is 0.0835 e. The summed E-state index contributed by atoms with van der Waals surface area (Å²) in [6.45, 7) is 5.51. The minimum atomic E-state index is 0.278. The predicted octanol–water partition coefficient (Wildman–Crippen LogP) is 1.64. The molecule has 0 N–H and O–H groups in total. The Hall–Kier alpha value is -0.420. The molecule has 0 bridgehead atoms. The van der Waals surface area contributed by atoms with Gasteiger partial charge in [-0.3, -0.25) is 0 Å². The zero-order chi connectivity index (χ0) is 10.4. The summed E-state index contributed by atoms with van der Waals surface area (Å²) in [7, 11) is 0. The van der Waals surface area contributed by atoms with E-state index in [1.807, 2.05) is 24.7 Å². The van der Waals surface area contributed by atoms with E-state index in [1.54, 1.807) is 0 Å². The summed E-state index contributed by atoms with van der Waals surface area (Å²) in [4.78, 5) is 0. The van der Waals surface area contributed by atoms with Crippen molar-refractivity contribution in [2.75, 3.05) is 11.9 Å². The Morgan fingerprint density at radius 3 is 3.00 bits per heavy atom. The van der Waals surface area contributed by atoms with Crippen LogP contribution in [-0.2, 0) is 17.7 Å². The van der Waals surface area contributed by atoms with Crippen LogP contribution in [0.5, 0.6) is 0 Å². The lowest BCUT2D eigenvalue weighted by molar-refractivity contribution is 0.0707. The number of ether oxygens (including phenoxy) is 1. The zero-order valence-corrected chi connectivity index (χ0v) is 10.2. The number of aryl methyl sites for hydroxylation is 1. The molecule has 0 saturated carbocycles. The van der Waals surface area contributed by atoms with Crippen LogP contribution in [0.2, 0.25) is 0 Å². The first-order valence-corrected chi connectivity index (χ1v) is 5.91.